The highest BCUT2D eigenvalue weighted by molar-refractivity contribution is 6.30. The zero-order chi connectivity index (χ0) is 14.7. The van der Waals surface area contributed by atoms with Gasteiger partial charge in [0.25, 0.3) is 0 Å². The van der Waals surface area contributed by atoms with Gasteiger partial charge in [0.05, 0.1) is 0 Å². The summed E-state index contributed by atoms with van der Waals surface area (Å²) in [6, 6.07) is 17.8. The second-order valence-electron chi connectivity index (χ2n) is 6.11. The van der Waals surface area contributed by atoms with E-state index >= 15 is 0 Å². The van der Waals surface area contributed by atoms with Crippen LogP contribution >= 0.6 is 11.6 Å². The van der Waals surface area contributed by atoms with Crippen LogP contribution in [0, 0.1) is 6.92 Å². The molecule has 0 atom stereocenters. The number of aryl methyl sites for hydroxylation is 1. The summed E-state index contributed by atoms with van der Waals surface area (Å²) < 4.78 is 0. The Morgan fingerprint density at radius 3 is 2.57 bits per heavy atom. The molecule has 0 amide bonds. The molecule has 1 saturated carbocycles. The lowest BCUT2D eigenvalue weighted by Gasteiger charge is -2.36. The van der Waals surface area contributed by atoms with Gasteiger partial charge in [0.1, 0.15) is 0 Å². The van der Waals surface area contributed by atoms with Crippen molar-refractivity contribution in [2.24, 2.45) is 0 Å². The summed E-state index contributed by atoms with van der Waals surface area (Å²) in [6.07, 6.45) is 3.61. The Hall–Kier alpha value is -1.31. The van der Waals surface area contributed by atoms with Crippen LogP contribution in [0.2, 0.25) is 5.02 Å². The highest BCUT2D eigenvalue weighted by Crippen LogP contribution is 2.37. The molecule has 0 heterocycles. The summed E-state index contributed by atoms with van der Waals surface area (Å²) >= 11 is 5.93. The van der Waals surface area contributed by atoms with Gasteiger partial charge in [-0.05, 0) is 61.9 Å². The van der Waals surface area contributed by atoms with Crippen LogP contribution in [0.4, 0.5) is 0 Å². The molecule has 0 spiro atoms. The molecule has 1 N–H and O–H groups in total. The molecule has 1 aliphatic carbocycles. The van der Waals surface area contributed by atoms with E-state index in [2.05, 4.69) is 48.6 Å². The number of hydrogen-bond acceptors (Lipinski definition) is 1. The van der Waals surface area contributed by atoms with Gasteiger partial charge in [-0.3, -0.25) is 0 Å². The molecule has 0 saturated heterocycles. The summed E-state index contributed by atoms with van der Waals surface area (Å²) in [5, 5.41) is 4.50. The summed E-state index contributed by atoms with van der Waals surface area (Å²) in [4.78, 5) is 0. The minimum atomic E-state index is 0.676. The largest absolute Gasteiger partial charge is 0.314 e. The fraction of sp³-hybridized carbons (Fsp3) is 0.368. The molecule has 2 aromatic carbocycles. The average molecular weight is 300 g/mol. The van der Waals surface area contributed by atoms with Crippen LogP contribution in [0.15, 0.2) is 48.5 Å². The molecule has 3 rings (SSSR count). The van der Waals surface area contributed by atoms with E-state index in [9.17, 15) is 0 Å². The van der Waals surface area contributed by atoms with Crippen LogP contribution < -0.4 is 5.32 Å². The van der Waals surface area contributed by atoms with Crippen molar-refractivity contribution in [1.82, 2.24) is 5.32 Å². The molecular weight excluding hydrogens is 278 g/mol. The van der Waals surface area contributed by atoms with Crippen LogP contribution in [-0.4, -0.2) is 12.6 Å². The Bertz CT molecular complexity index is 585. The third-order valence-corrected chi connectivity index (χ3v) is 4.66. The Kier molecular flexibility index (Phi) is 4.62. The molecule has 1 aliphatic rings. The van der Waals surface area contributed by atoms with Crippen molar-refractivity contribution < 1.29 is 0 Å². The van der Waals surface area contributed by atoms with Crippen LogP contribution in [0.5, 0.6) is 0 Å². The smallest absolute Gasteiger partial charge is 0.0406 e. The molecule has 2 aromatic rings. The first-order chi connectivity index (χ1) is 10.2. The van der Waals surface area contributed by atoms with Gasteiger partial charge < -0.3 is 5.32 Å². The summed E-state index contributed by atoms with van der Waals surface area (Å²) in [6.45, 7) is 3.22. The Morgan fingerprint density at radius 1 is 1.10 bits per heavy atom. The van der Waals surface area contributed by atoms with Gasteiger partial charge >= 0.3 is 0 Å². The first-order valence-corrected chi connectivity index (χ1v) is 8.13. The summed E-state index contributed by atoms with van der Waals surface area (Å²) in [7, 11) is 0. The second-order valence-corrected chi connectivity index (χ2v) is 6.55. The molecule has 0 aliphatic heterocycles. The van der Waals surface area contributed by atoms with Gasteiger partial charge in [-0.25, -0.2) is 0 Å². The fourth-order valence-corrected chi connectivity index (χ4v) is 3.21. The zero-order valence-corrected chi connectivity index (χ0v) is 13.2. The molecule has 21 heavy (non-hydrogen) atoms. The van der Waals surface area contributed by atoms with E-state index in [4.69, 9.17) is 11.6 Å². The zero-order valence-electron chi connectivity index (χ0n) is 12.5. The van der Waals surface area contributed by atoms with Crippen LogP contribution in [0.1, 0.15) is 35.4 Å². The van der Waals surface area contributed by atoms with Gasteiger partial charge in [-0.2, -0.15) is 0 Å². The second kappa shape index (κ2) is 6.64. The van der Waals surface area contributed by atoms with Crippen LogP contribution in [0.3, 0.4) is 0 Å². The molecule has 1 nitrogen and oxygen atoms in total. The summed E-state index contributed by atoms with van der Waals surface area (Å²) in [5.74, 6) is 0.707. The lowest BCUT2D eigenvalue weighted by atomic mass is 9.76. The van der Waals surface area contributed by atoms with E-state index < -0.39 is 0 Å². The molecule has 110 valence electrons. The first kappa shape index (κ1) is 14.6. The molecular formula is C19H22ClN. The molecule has 1 fully saturated rings. The standard InChI is InChI=1S/C19H22ClN/c1-14-3-2-4-15(11-14)9-10-21-19-12-17(13-19)16-5-7-18(20)8-6-16/h2-8,11,17,19,21H,9-10,12-13H2,1H3. The average Bonchev–Trinajstić information content (AvgIpc) is 2.43. The van der Waals surface area contributed by atoms with Crippen LogP contribution in [0.25, 0.3) is 0 Å². The minimum absolute atomic E-state index is 0.676. The lowest BCUT2D eigenvalue weighted by Crippen LogP contribution is -2.40. The highest BCUT2D eigenvalue weighted by atomic mass is 35.5. The van der Waals surface area contributed by atoms with Gasteiger partial charge in [-0.15, -0.1) is 0 Å². The number of hydrogen-bond donors (Lipinski definition) is 1. The molecule has 2 heteroatoms. The third kappa shape index (κ3) is 3.87. The van der Waals surface area contributed by atoms with E-state index in [0.29, 0.717) is 12.0 Å². The van der Waals surface area contributed by atoms with Crippen molar-refractivity contribution >= 4 is 11.6 Å². The van der Waals surface area contributed by atoms with Crippen molar-refractivity contribution in [3.63, 3.8) is 0 Å². The molecule has 0 unspecified atom stereocenters. The molecule has 0 bridgehead atoms. The van der Waals surface area contributed by atoms with Gasteiger partial charge in [0.2, 0.25) is 0 Å². The number of halogens is 1. The quantitative estimate of drug-likeness (QED) is 0.842. The van der Waals surface area contributed by atoms with Gasteiger partial charge in [-0.1, -0.05) is 53.6 Å². The predicted octanol–water partition coefficient (Wildman–Crippen LogP) is 4.73. The topological polar surface area (TPSA) is 12.0 Å². The maximum Gasteiger partial charge on any atom is 0.0406 e. The number of benzene rings is 2. The number of nitrogens with one attached hydrogen (secondary N) is 1. The van der Waals surface area contributed by atoms with Gasteiger partial charge in [0.15, 0.2) is 0 Å². The van der Waals surface area contributed by atoms with Crippen molar-refractivity contribution in [1.29, 1.82) is 0 Å². The maximum absolute atomic E-state index is 5.93. The maximum atomic E-state index is 5.93. The SMILES string of the molecule is Cc1cccc(CCNC2CC(c3ccc(Cl)cc3)C2)c1. The predicted molar refractivity (Wildman–Crippen MR) is 90.1 cm³/mol. The van der Waals surface area contributed by atoms with E-state index in [1.807, 2.05) is 12.1 Å². The Labute approximate surface area is 132 Å². The Balaban J connectivity index is 1.40. The van der Waals surface area contributed by atoms with E-state index in [1.165, 1.54) is 29.5 Å². The fourth-order valence-electron chi connectivity index (χ4n) is 3.08. The minimum Gasteiger partial charge on any atom is -0.314 e. The van der Waals surface area contributed by atoms with E-state index in [0.717, 1.165) is 18.0 Å². The van der Waals surface area contributed by atoms with Crippen molar-refractivity contribution in [2.45, 2.75) is 38.1 Å². The van der Waals surface area contributed by atoms with Crippen molar-refractivity contribution in [3.8, 4) is 0 Å². The van der Waals surface area contributed by atoms with Gasteiger partial charge in [0, 0.05) is 11.1 Å². The molecule has 0 radical (unpaired) electrons. The van der Waals surface area contributed by atoms with Crippen molar-refractivity contribution in [3.05, 3.63) is 70.2 Å². The van der Waals surface area contributed by atoms with E-state index in [-0.39, 0.29) is 0 Å². The monoisotopic (exact) mass is 299 g/mol. The number of rotatable bonds is 5. The molecule has 0 aromatic heterocycles. The van der Waals surface area contributed by atoms with Crippen molar-refractivity contribution in [2.75, 3.05) is 6.54 Å². The highest BCUT2D eigenvalue weighted by Gasteiger charge is 2.29. The Morgan fingerprint density at radius 2 is 1.86 bits per heavy atom. The summed E-state index contributed by atoms with van der Waals surface area (Å²) in [5.41, 5.74) is 4.20. The third-order valence-electron chi connectivity index (χ3n) is 4.41. The van der Waals surface area contributed by atoms with Crippen LogP contribution in [-0.2, 0) is 6.42 Å². The normalized spacial score (nSPS) is 21.0. The van der Waals surface area contributed by atoms with E-state index in [1.54, 1.807) is 0 Å². The first-order valence-electron chi connectivity index (χ1n) is 7.75. The lowest BCUT2D eigenvalue weighted by molar-refractivity contribution is 0.293.